The van der Waals surface area contributed by atoms with E-state index < -0.39 is 88.6 Å². The van der Waals surface area contributed by atoms with Gasteiger partial charge in [-0.25, -0.2) is 10.9 Å². The summed E-state index contributed by atoms with van der Waals surface area (Å²) in [6, 6.07) is 5.65. The first-order valence-corrected chi connectivity index (χ1v) is 23.8. The zero-order chi connectivity index (χ0) is 51.5. The van der Waals surface area contributed by atoms with E-state index in [2.05, 4.69) is 26.8 Å². The molecule has 382 valence electrons. The molecule has 8 atom stereocenters. The first-order chi connectivity index (χ1) is 32.0. The molecule has 0 bridgehead atoms. The molecule has 0 aromatic heterocycles. The molecule has 0 fully saturated rings. The van der Waals surface area contributed by atoms with Gasteiger partial charge in [-0.15, -0.1) is 0 Å². The smallest absolute Gasteiger partial charge is 0.234 e. The van der Waals surface area contributed by atoms with Gasteiger partial charge in [0.15, 0.2) is 11.6 Å². The first kappa shape index (κ1) is 61.5. The van der Waals surface area contributed by atoms with Crippen molar-refractivity contribution in [1.29, 1.82) is 0 Å². The third-order valence-electron chi connectivity index (χ3n) is 12.4. The van der Waals surface area contributed by atoms with Crippen LogP contribution in [-0.2, 0) is 44.8 Å². The van der Waals surface area contributed by atoms with Gasteiger partial charge in [0.05, 0.1) is 53.7 Å². The molecular weight excluding hydrogens is 871 g/mol. The molecule has 19 heteroatoms. The van der Waals surface area contributed by atoms with Crippen LogP contribution in [0.25, 0.3) is 0 Å². The number of ketones is 6. The Labute approximate surface area is 403 Å². The maximum absolute atomic E-state index is 14.8. The highest BCUT2D eigenvalue weighted by Crippen LogP contribution is 2.26. The number of aldehydes is 1. The highest BCUT2D eigenvalue weighted by atomic mass is 16.2. The summed E-state index contributed by atoms with van der Waals surface area (Å²) in [7, 11) is 1.63. The van der Waals surface area contributed by atoms with Crippen LogP contribution in [0.2, 0.25) is 0 Å². The minimum atomic E-state index is -1.62. The SMILES string of the molecule is CC[C@H](C)C(NC(=O)CN)C(=O)C(=O)[C@@](CC/C=C\CCC[C@](C)(N)C(=O)C(=O)[C@@H](N)Cc1ccccc1)(CC/C=C\CC[C@@](C)(N)C(=O)CC(=O)[C@H](C)NC)NN[C@H](C=O)CCCNC(N)N. The summed E-state index contributed by atoms with van der Waals surface area (Å²) in [5.74, 6) is -4.81. The number of Topliss-reactive ketones (excluding diaryl/α,β-unsaturated/α-hetero) is 6. The third-order valence-corrected chi connectivity index (χ3v) is 12.4. The monoisotopic (exact) mass is 954 g/mol. The molecule has 17 N–H and O–H groups in total. The number of hydrogen-bond donors (Lipinski definition) is 11. The number of benzene rings is 1. The van der Waals surface area contributed by atoms with Crippen molar-refractivity contribution < 1.29 is 38.4 Å². The van der Waals surface area contributed by atoms with Crippen molar-refractivity contribution in [2.45, 2.75) is 172 Å². The molecule has 19 nitrogen and oxygen atoms in total. The van der Waals surface area contributed by atoms with Crippen LogP contribution in [0.4, 0.5) is 0 Å². The summed E-state index contributed by atoms with van der Waals surface area (Å²) in [6.45, 7) is 8.36. The van der Waals surface area contributed by atoms with Crippen molar-refractivity contribution in [3.63, 3.8) is 0 Å². The summed E-state index contributed by atoms with van der Waals surface area (Å²) in [6.07, 6.45) is 10.8. The van der Waals surface area contributed by atoms with Gasteiger partial charge in [0.2, 0.25) is 29.0 Å². The van der Waals surface area contributed by atoms with Gasteiger partial charge in [-0.05, 0) is 123 Å². The van der Waals surface area contributed by atoms with Crippen molar-refractivity contribution in [1.82, 2.24) is 26.8 Å². The van der Waals surface area contributed by atoms with Crippen molar-refractivity contribution in [3.8, 4) is 0 Å². The second kappa shape index (κ2) is 31.6. The van der Waals surface area contributed by atoms with E-state index in [-0.39, 0.29) is 62.9 Å². The molecule has 1 unspecified atom stereocenters. The Kier molecular flexibility index (Phi) is 28.5. The second-order valence-corrected chi connectivity index (χ2v) is 18.4. The van der Waals surface area contributed by atoms with Crippen molar-refractivity contribution in [3.05, 3.63) is 60.2 Å². The number of amides is 1. The van der Waals surface area contributed by atoms with Gasteiger partial charge in [0.25, 0.3) is 0 Å². The lowest BCUT2D eigenvalue weighted by Crippen LogP contribution is -2.64. The Balaban J connectivity index is 3.41. The van der Waals surface area contributed by atoms with Crippen LogP contribution >= 0.6 is 0 Å². The molecule has 0 saturated heterocycles. The van der Waals surface area contributed by atoms with Crippen LogP contribution in [-0.4, -0.2) is 114 Å². The van der Waals surface area contributed by atoms with E-state index in [1.807, 2.05) is 61.6 Å². The van der Waals surface area contributed by atoms with Gasteiger partial charge in [0.1, 0.15) is 12.6 Å². The predicted molar refractivity (Wildman–Crippen MR) is 265 cm³/mol. The fraction of sp³-hybridized carbons (Fsp3) is 0.633. The van der Waals surface area contributed by atoms with Crippen LogP contribution in [0.1, 0.15) is 124 Å². The highest BCUT2D eigenvalue weighted by Gasteiger charge is 2.45. The summed E-state index contributed by atoms with van der Waals surface area (Å²) >= 11 is 0. The fourth-order valence-corrected chi connectivity index (χ4v) is 7.28. The Hall–Kier alpha value is -4.54. The van der Waals surface area contributed by atoms with Gasteiger partial charge in [0, 0.05) is 0 Å². The first-order valence-electron chi connectivity index (χ1n) is 23.8. The Bertz CT molecular complexity index is 1840. The van der Waals surface area contributed by atoms with Gasteiger partial charge < -0.3 is 49.8 Å². The highest BCUT2D eigenvalue weighted by molar-refractivity contribution is 6.43. The molecule has 68 heavy (non-hydrogen) atoms. The minimum Gasteiger partial charge on any atom is -0.344 e. The summed E-state index contributed by atoms with van der Waals surface area (Å²) < 4.78 is 0. The number of carbonyl (C=O) groups excluding carboxylic acids is 8. The van der Waals surface area contributed by atoms with Gasteiger partial charge in [-0.3, -0.25) is 38.9 Å². The van der Waals surface area contributed by atoms with Crippen LogP contribution in [0.3, 0.4) is 0 Å². The largest absolute Gasteiger partial charge is 0.344 e. The van der Waals surface area contributed by atoms with Gasteiger partial charge in [-0.2, -0.15) is 0 Å². The lowest BCUT2D eigenvalue weighted by Gasteiger charge is -2.36. The molecule has 1 rings (SSSR count). The Morgan fingerprint density at radius 2 is 1.35 bits per heavy atom. The Morgan fingerprint density at radius 1 is 0.765 bits per heavy atom. The number of allylic oxidation sites excluding steroid dienone is 4. The maximum atomic E-state index is 14.8. The molecule has 0 radical (unpaired) electrons. The number of unbranched alkanes of at least 4 members (excludes halogenated alkanes) is 1. The second-order valence-electron chi connectivity index (χ2n) is 18.4. The average Bonchev–Trinajstić information content (AvgIpc) is 3.31. The van der Waals surface area contributed by atoms with Crippen LogP contribution in [0.5, 0.6) is 0 Å². The van der Waals surface area contributed by atoms with E-state index in [1.54, 1.807) is 27.8 Å². The minimum absolute atomic E-state index is 0.0610. The van der Waals surface area contributed by atoms with Gasteiger partial charge in [-0.1, -0.05) is 74.9 Å². The van der Waals surface area contributed by atoms with E-state index in [0.717, 1.165) is 5.56 Å². The predicted octanol–water partition coefficient (Wildman–Crippen LogP) is 0.488. The number of likely N-dealkylation sites (N-methyl/N-ethyl adjacent to an activating group) is 1. The molecule has 1 aromatic rings. The summed E-state index contributed by atoms with van der Waals surface area (Å²) in [5.41, 5.74) is 38.2. The van der Waals surface area contributed by atoms with Gasteiger partial charge >= 0.3 is 0 Å². The third kappa shape index (κ3) is 21.8. The normalized spacial score (nSPS) is 16.8. The molecule has 1 aromatic carbocycles. The lowest BCUT2D eigenvalue weighted by molar-refractivity contribution is -0.144. The molecule has 0 aliphatic carbocycles. The van der Waals surface area contributed by atoms with Crippen molar-refractivity contribution >= 4 is 46.9 Å². The fourth-order valence-electron chi connectivity index (χ4n) is 7.28. The molecule has 0 heterocycles. The molecule has 0 aliphatic heterocycles. The lowest BCUT2D eigenvalue weighted by atomic mass is 9.79. The van der Waals surface area contributed by atoms with Crippen LogP contribution in [0, 0.1) is 5.92 Å². The van der Waals surface area contributed by atoms with E-state index in [1.165, 1.54) is 6.92 Å². The topological polar surface area (TPSA) is 353 Å². The standard InChI is InChI=1S/C49H83N11O8/c1-7-33(2)41(58-40(64)31-50)43(66)45(68)49(60-59-36(32-61)23-20-28-57-46(52)53,27-19-12-11-16-24-47(4,54)39(63)30-38(62)34(3)56-6)26-18-10-8-9-17-25-48(5,55)44(67)42(65)37(51)29-35-21-14-13-15-22-35/h8,10-15,21-22,32-34,36-37,41,46,56-57,59-60H,7,9,16-20,23-31,50-55H2,1-6H3,(H,58,64)/b10-8-,12-11-/t33-,34-,36-,37-,41?,47+,48-,49+/m0/s1. The zero-order valence-electron chi connectivity index (χ0n) is 41.3. The molecule has 0 saturated carbocycles. The number of carbonyl (C=O) groups is 8. The number of hydrazine groups is 1. The average molecular weight is 954 g/mol. The zero-order valence-corrected chi connectivity index (χ0v) is 41.3. The summed E-state index contributed by atoms with van der Waals surface area (Å²) in [4.78, 5) is 105. The number of nitrogens with two attached hydrogens (primary N) is 6. The number of rotatable bonds is 39. The summed E-state index contributed by atoms with van der Waals surface area (Å²) in [5, 5.41) is 8.34. The Morgan fingerprint density at radius 3 is 1.90 bits per heavy atom. The van der Waals surface area contributed by atoms with E-state index in [4.69, 9.17) is 34.4 Å². The van der Waals surface area contributed by atoms with Crippen molar-refractivity contribution in [2.24, 2.45) is 40.3 Å². The van der Waals surface area contributed by atoms with Crippen LogP contribution < -0.4 is 61.2 Å². The maximum Gasteiger partial charge on any atom is 0.234 e. The number of hydrogen-bond acceptors (Lipinski definition) is 18. The number of nitrogens with one attached hydrogen (secondary N) is 5. The van der Waals surface area contributed by atoms with E-state index in [0.29, 0.717) is 51.4 Å². The molecule has 1 amide bonds. The van der Waals surface area contributed by atoms with E-state index >= 15 is 0 Å². The molecular formula is C49H83N11O8. The van der Waals surface area contributed by atoms with Crippen LogP contribution in [0.15, 0.2) is 54.6 Å². The quantitative estimate of drug-likeness (QED) is 0.00813. The molecule has 0 aliphatic rings. The molecule has 0 spiro atoms. The van der Waals surface area contributed by atoms with Crippen molar-refractivity contribution in [2.75, 3.05) is 20.1 Å². The van der Waals surface area contributed by atoms with E-state index in [9.17, 15) is 38.4 Å².